The highest BCUT2D eigenvalue weighted by Gasteiger charge is 2.44. The van der Waals surface area contributed by atoms with Gasteiger partial charge in [0.05, 0.1) is 12.1 Å². The quantitative estimate of drug-likeness (QED) is 0.860. The first-order valence-corrected chi connectivity index (χ1v) is 6.57. The van der Waals surface area contributed by atoms with Crippen molar-refractivity contribution in [2.45, 2.75) is 32.2 Å². The second-order valence-electron chi connectivity index (χ2n) is 5.49. The maximum atomic E-state index is 9.57. The van der Waals surface area contributed by atoms with Gasteiger partial charge in [0.2, 0.25) is 0 Å². The minimum absolute atomic E-state index is 0.139. The van der Waals surface area contributed by atoms with Crippen LogP contribution in [0.1, 0.15) is 26.7 Å². The lowest BCUT2D eigenvalue weighted by Crippen LogP contribution is -2.54. The summed E-state index contributed by atoms with van der Waals surface area (Å²) in [4.78, 5) is 0. The molecule has 0 aliphatic heterocycles. The van der Waals surface area contributed by atoms with Crippen LogP contribution < -0.4 is 5.32 Å². The maximum absolute atomic E-state index is 9.57. The van der Waals surface area contributed by atoms with Crippen LogP contribution in [0.2, 0.25) is 5.02 Å². The van der Waals surface area contributed by atoms with Crippen molar-refractivity contribution < 1.29 is 5.11 Å². The van der Waals surface area contributed by atoms with Crippen molar-refractivity contribution in [2.75, 3.05) is 11.9 Å². The molecule has 1 aliphatic carbocycles. The van der Waals surface area contributed by atoms with E-state index in [0.717, 1.165) is 23.6 Å². The average Bonchev–Trinajstić information content (AvgIpc) is 2.22. The Hall–Kier alpha value is -0.730. The van der Waals surface area contributed by atoms with Crippen molar-refractivity contribution in [2.24, 2.45) is 11.8 Å². The third-order valence-electron chi connectivity index (χ3n) is 3.79. The molecule has 0 saturated heterocycles. The van der Waals surface area contributed by atoms with Gasteiger partial charge in [0, 0.05) is 10.7 Å². The lowest BCUT2D eigenvalue weighted by atomic mass is 9.64. The van der Waals surface area contributed by atoms with Crippen LogP contribution >= 0.6 is 11.6 Å². The van der Waals surface area contributed by atoms with Crippen molar-refractivity contribution in [3.63, 3.8) is 0 Å². The molecule has 0 heterocycles. The second kappa shape index (κ2) is 4.87. The largest absolute Gasteiger partial charge is 0.394 e. The van der Waals surface area contributed by atoms with Crippen molar-refractivity contribution in [1.29, 1.82) is 0 Å². The smallest absolute Gasteiger partial charge is 0.0661 e. The lowest BCUT2D eigenvalue weighted by molar-refractivity contribution is 0.0648. The number of halogens is 1. The Kier molecular flexibility index (Phi) is 3.64. The number of rotatable bonds is 4. The number of aliphatic hydroxyl groups is 1. The summed E-state index contributed by atoms with van der Waals surface area (Å²) >= 11 is 5.95. The summed E-state index contributed by atoms with van der Waals surface area (Å²) in [7, 11) is 0. The average molecular weight is 254 g/mol. The molecule has 2 rings (SSSR count). The molecule has 1 aliphatic rings. The molecular formula is C14H20ClNO. The molecule has 1 aromatic carbocycles. The van der Waals surface area contributed by atoms with E-state index < -0.39 is 0 Å². The van der Waals surface area contributed by atoms with Gasteiger partial charge >= 0.3 is 0 Å². The summed E-state index contributed by atoms with van der Waals surface area (Å²) in [6.45, 7) is 4.67. The number of hydrogen-bond donors (Lipinski definition) is 2. The summed E-state index contributed by atoms with van der Waals surface area (Å²) in [5, 5.41) is 13.7. The van der Waals surface area contributed by atoms with E-state index >= 15 is 0 Å². The van der Waals surface area contributed by atoms with E-state index in [0.29, 0.717) is 11.8 Å². The Balaban J connectivity index is 2.02. The van der Waals surface area contributed by atoms with E-state index in [1.54, 1.807) is 0 Å². The zero-order chi connectivity index (χ0) is 12.5. The monoisotopic (exact) mass is 253 g/mol. The summed E-state index contributed by atoms with van der Waals surface area (Å²) in [6, 6.07) is 7.68. The van der Waals surface area contributed by atoms with E-state index in [-0.39, 0.29) is 12.1 Å². The molecule has 2 nitrogen and oxygen atoms in total. The molecule has 3 heteroatoms. The lowest BCUT2D eigenvalue weighted by Gasteiger charge is -2.49. The van der Waals surface area contributed by atoms with E-state index in [1.165, 1.54) is 0 Å². The molecule has 2 N–H and O–H groups in total. The van der Waals surface area contributed by atoms with Crippen LogP contribution in [0.25, 0.3) is 0 Å². The number of benzene rings is 1. The molecule has 0 bridgehead atoms. The fraction of sp³-hybridized carbons (Fsp3) is 0.571. The van der Waals surface area contributed by atoms with E-state index in [4.69, 9.17) is 11.6 Å². The van der Waals surface area contributed by atoms with Gasteiger partial charge in [-0.3, -0.25) is 0 Å². The molecule has 0 spiro atoms. The summed E-state index contributed by atoms with van der Waals surface area (Å²) in [6.07, 6.45) is 2.07. The molecule has 94 valence electrons. The fourth-order valence-corrected chi connectivity index (χ4v) is 2.75. The molecule has 0 amide bonds. The van der Waals surface area contributed by atoms with Gasteiger partial charge in [0.15, 0.2) is 0 Å². The van der Waals surface area contributed by atoms with Gasteiger partial charge in [-0.15, -0.1) is 0 Å². The van der Waals surface area contributed by atoms with Crippen LogP contribution in [0.15, 0.2) is 24.3 Å². The van der Waals surface area contributed by atoms with Crippen molar-refractivity contribution in [1.82, 2.24) is 0 Å². The van der Waals surface area contributed by atoms with Crippen molar-refractivity contribution in [3.05, 3.63) is 29.3 Å². The van der Waals surface area contributed by atoms with Crippen LogP contribution in [0.5, 0.6) is 0 Å². The van der Waals surface area contributed by atoms with Gasteiger partial charge in [0.25, 0.3) is 0 Å². The van der Waals surface area contributed by atoms with Gasteiger partial charge in [-0.25, -0.2) is 0 Å². The fourth-order valence-electron chi connectivity index (χ4n) is 2.56. The normalized spacial score (nSPS) is 27.9. The Bertz CT molecular complexity index is 386. The number of aliphatic hydroxyl groups excluding tert-OH is 1. The minimum atomic E-state index is -0.139. The van der Waals surface area contributed by atoms with E-state index in [9.17, 15) is 5.11 Å². The van der Waals surface area contributed by atoms with Gasteiger partial charge in [-0.05, 0) is 42.9 Å². The third kappa shape index (κ3) is 2.75. The van der Waals surface area contributed by atoms with Gasteiger partial charge in [0.1, 0.15) is 0 Å². The summed E-state index contributed by atoms with van der Waals surface area (Å²) in [5.74, 6) is 1.41. The Morgan fingerprint density at radius 3 is 2.71 bits per heavy atom. The first-order chi connectivity index (χ1) is 8.04. The second-order valence-corrected chi connectivity index (χ2v) is 5.92. The molecule has 17 heavy (non-hydrogen) atoms. The Morgan fingerprint density at radius 2 is 2.18 bits per heavy atom. The van der Waals surface area contributed by atoms with Crippen molar-refractivity contribution in [3.8, 4) is 0 Å². The van der Waals surface area contributed by atoms with E-state index in [2.05, 4.69) is 19.2 Å². The molecule has 0 radical (unpaired) electrons. The van der Waals surface area contributed by atoms with Crippen LogP contribution in [0, 0.1) is 11.8 Å². The first kappa shape index (κ1) is 12.7. The SMILES string of the molecule is CC(C)C1CC(CO)(Nc2cccc(Cl)c2)C1. The number of anilines is 1. The highest BCUT2D eigenvalue weighted by atomic mass is 35.5. The Labute approximate surface area is 108 Å². The molecule has 1 saturated carbocycles. The summed E-state index contributed by atoms with van der Waals surface area (Å²) < 4.78 is 0. The zero-order valence-corrected chi connectivity index (χ0v) is 11.2. The van der Waals surface area contributed by atoms with Gasteiger partial charge < -0.3 is 10.4 Å². The molecule has 0 aromatic heterocycles. The molecular weight excluding hydrogens is 234 g/mol. The van der Waals surface area contributed by atoms with Crippen LogP contribution in [-0.4, -0.2) is 17.3 Å². The highest BCUT2D eigenvalue weighted by Crippen LogP contribution is 2.44. The Morgan fingerprint density at radius 1 is 1.47 bits per heavy atom. The molecule has 1 fully saturated rings. The minimum Gasteiger partial charge on any atom is -0.394 e. The summed E-state index contributed by atoms with van der Waals surface area (Å²) in [5.41, 5.74) is 0.855. The third-order valence-corrected chi connectivity index (χ3v) is 4.02. The van der Waals surface area contributed by atoms with Crippen LogP contribution in [0.4, 0.5) is 5.69 Å². The van der Waals surface area contributed by atoms with Gasteiger partial charge in [-0.2, -0.15) is 0 Å². The van der Waals surface area contributed by atoms with Gasteiger partial charge in [-0.1, -0.05) is 31.5 Å². The number of nitrogens with one attached hydrogen (secondary N) is 1. The molecule has 0 atom stereocenters. The van der Waals surface area contributed by atoms with Crippen LogP contribution in [-0.2, 0) is 0 Å². The van der Waals surface area contributed by atoms with E-state index in [1.807, 2.05) is 24.3 Å². The van der Waals surface area contributed by atoms with Crippen molar-refractivity contribution >= 4 is 17.3 Å². The number of hydrogen-bond acceptors (Lipinski definition) is 2. The zero-order valence-electron chi connectivity index (χ0n) is 10.4. The molecule has 1 aromatic rings. The molecule has 0 unspecified atom stereocenters. The maximum Gasteiger partial charge on any atom is 0.0661 e. The van der Waals surface area contributed by atoms with Crippen LogP contribution in [0.3, 0.4) is 0 Å². The first-order valence-electron chi connectivity index (χ1n) is 6.19. The highest BCUT2D eigenvalue weighted by molar-refractivity contribution is 6.30. The predicted octanol–water partition coefficient (Wildman–Crippen LogP) is 3.55. The predicted molar refractivity (Wildman–Crippen MR) is 72.5 cm³/mol. The standard InChI is InChI=1S/C14H20ClNO/c1-10(2)11-7-14(8-11,9-17)16-13-5-3-4-12(15)6-13/h3-6,10-11,16-17H,7-9H2,1-2H3. The topological polar surface area (TPSA) is 32.3 Å².